The van der Waals surface area contributed by atoms with E-state index in [-0.39, 0.29) is 22.2 Å². The molecule has 144 valence electrons. The van der Waals surface area contributed by atoms with Crippen LogP contribution >= 0.6 is 0 Å². The number of hydrogen-bond acceptors (Lipinski definition) is 4. The summed E-state index contributed by atoms with van der Waals surface area (Å²) in [6.07, 6.45) is 0. The maximum Gasteiger partial charge on any atom is 0.340 e. The number of aromatic hydroxyl groups is 1. The van der Waals surface area contributed by atoms with E-state index in [1.54, 1.807) is 19.2 Å². The molecular formula is C23H16FNO4. The molecule has 29 heavy (non-hydrogen) atoms. The van der Waals surface area contributed by atoms with Crippen molar-refractivity contribution in [3.8, 4) is 33.9 Å². The molecule has 0 aliphatic carbocycles. The Morgan fingerprint density at radius 1 is 0.931 bits per heavy atom. The SMILES string of the molecule is COc1ccc(-c2ccc(-c3nc4ccc(F)cc4c(C(=O)O)c3O)cc2)cc1. The number of benzene rings is 3. The van der Waals surface area contributed by atoms with Crippen molar-refractivity contribution < 1.29 is 24.1 Å². The van der Waals surface area contributed by atoms with E-state index in [1.165, 1.54) is 12.1 Å². The molecule has 0 fully saturated rings. The van der Waals surface area contributed by atoms with Crippen molar-refractivity contribution in [3.63, 3.8) is 0 Å². The summed E-state index contributed by atoms with van der Waals surface area (Å²) in [6.45, 7) is 0. The van der Waals surface area contributed by atoms with Crippen molar-refractivity contribution >= 4 is 16.9 Å². The summed E-state index contributed by atoms with van der Waals surface area (Å²) >= 11 is 0. The Hall–Kier alpha value is -3.93. The van der Waals surface area contributed by atoms with Gasteiger partial charge in [0.2, 0.25) is 0 Å². The molecule has 0 saturated carbocycles. The molecule has 0 aliphatic heterocycles. The van der Waals surface area contributed by atoms with Crippen LogP contribution in [0.3, 0.4) is 0 Å². The number of fused-ring (bicyclic) bond motifs is 1. The molecule has 0 spiro atoms. The smallest absolute Gasteiger partial charge is 0.340 e. The third kappa shape index (κ3) is 3.36. The molecule has 4 aromatic rings. The first kappa shape index (κ1) is 18.4. The van der Waals surface area contributed by atoms with Crippen LogP contribution in [0.25, 0.3) is 33.3 Å². The Kier molecular flexibility index (Phi) is 4.60. The second kappa shape index (κ2) is 7.24. The van der Waals surface area contributed by atoms with Crippen molar-refractivity contribution in [1.29, 1.82) is 0 Å². The number of carboxylic acid groups (broad SMARTS) is 1. The lowest BCUT2D eigenvalue weighted by atomic mass is 9.99. The van der Waals surface area contributed by atoms with Crippen LogP contribution in [0, 0.1) is 5.82 Å². The number of methoxy groups -OCH3 is 1. The number of ether oxygens (including phenoxy) is 1. The van der Waals surface area contributed by atoms with E-state index in [2.05, 4.69) is 4.98 Å². The first-order valence-electron chi connectivity index (χ1n) is 8.78. The minimum atomic E-state index is -1.35. The summed E-state index contributed by atoms with van der Waals surface area (Å²) in [5.41, 5.74) is 2.52. The van der Waals surface area contributed by atoms with Crippen LogP contribution in [-0.4, -0.2) is 28.3 Å². The number of hydrogen-bond donors (Lipinski definition) is 2. The third-order valence-corrected chi connectivity index (χ3v) is 4.72. The summed E-state index contributed by atoms with van der Waals surface area (Å²) in [5, 5.41) is 20.2. The molecule has 6 heteroatoms. The van der Waals surface area contributed by atoms with Gasteiger partial charge >= 0.3 is 5.97 Å². The highest BCUT2D eigenvalue weighted by Gasteiger charge is 2.21. The normalized spacial score (nSPS) is 10.8. The van der Waals surface area contributed by atoms with Crippen LogP contribution in [-0.2, 0) is 0 Å². The Morgan fingerprint density at radius 3 is 2.10 bits per heavy atom. The number of aromatic carboxylic acids is 1. The maximum atomic E-state index is 13.6. The summed E-state index contributed by atoms with van der Waals surface area (Å²) in [7, 11) is 1.60. The van der Waals surface area contributed by atoms with Crippen molar-refractivity contribution in [2.24, 2.45) is 0 Å². The van der Waals surface area contributed by atoms with E-state index >= 15 is 0 Å². The van der Waals surface area contributed by atoms with Gasteiger partial charge in [-0.3, -0.25) is 0 Å². The molecule has 3 aromatic carbocycles. The number of aromatic nitrogens is 1. The quantitative estimate of drug-likeness (QED) is 0.506. The molecule has 0 radical (unpaired) electrons. The first-order valence-corrected chi connectivity index (χ1v) is 8.78. The zero-order chi connectivity index (χ0) is 20.5. The topological polar surface area (TPSA) is 79.7 Å². The van der Waals surface area contributed by atoms with Gasteiger partial charge in [0.25, 0.3) is 0 Å². The lowest BCUT2D eigenvalue weighted by molar-refractivity contribution is 0.0696. The summed E-state index contributed by atoms with van der Waals surface area (Å²) in [4.78, 5) is 16.1. The fraction of sp³-hybridized carbons (Fsp3) is 0.0435. The molecule has 0 unspecified atom stereocenters. The molecule has 0 atom stereocenters. The van der Waals surface area contributed by atoms with Gasteiger partial charge in [-0.15, -0.1) is 0 Å². The molecule has 0 amide bonds. The zero-order valence-corrected chi connectivity index (χ0v) is 15.4. The second-order valence-electron chi connectivity index (χ2n) is 6.46. The maximum absolute atomic E-state index is 13.6. The average Bonchev–Trinajstić information content (AvgIpc) is 2.73. The Morgan fingerprint density at radius 2 is 1.52 bits per heavy atom. The van der Waals surface area contributed by atoms with Gasteiger partial charge in [-0.2, -0.15) is 0 Å². The van der Waals surface area contributed by atoms with Gasteiger partial charge in [0, 0.05) is 10.9 Å². The van der Waals surface area contributed by atoms with Crippen molar-refractivity contribution in [2.45, 2.75) is 0 Å². The van der Waals surface area contributed by atoms with Crippen molar-refractivity contribution in [1.82, 2.24) is 4.98 Å². The first-order chi connectivity index (χ1) is 14.0. The molecular weight excluding hydrogens is 373 g/mol. The van der Waals surface area contributed by atoms with E-state index in [1.807, 2.05) is 36.4 Å². The average molecular weight is 389 g/mol. The number of halogens is 1. The second-order valence-corrected chi connectivity index (χ2v) is 6.46. The van der Waals surface area contributed by atoms with Crippen LogP contribution in [0.5, 0.6) is 11.5 Å². The molecule has 1 aromatic heterocycles. The van der Waals surface area contributed by atoms with Gasteiger partial charge in [-0.1, -0.05) is 36.4 Å². The highest BCUT2D eigenvalue weighted by atomic mass is 19.1. The Balaban J connectivity index is 1.81. The van der Waals surface area contributed by atoms with E-state index < -0.39 is 17.5 Å². The lowest BCUT2D eigenvalue weighted by Crippen LogP contribution is -2.02. The van der Waals surface area contributed by atoms with Gasteiger partial charge < -0.3 is 14.9 Å². The number of rotatable bonds is 4. The monoisotopic (exact) mass is 389 g/mol. The third-order valence-electron chi connectivity index (χ3n) is 4.72. The summed E-state index contributed by atoms with van der Waals surface area (Å²) in [6, 6.07) is 18.4. The van der Waals surface area contributed by atoms with Gasteiger partial charge in [0.1, 0.15) is 22.8 Å². The molecule has 2 N–H and O–H groups in total. The van der Waals surface area contributed by atoms with E-state index in [4.69, 9.17) is 4.74 Å². The van der Waals surface area contributed by atoms with E-state index in [0.717, 1.165) is 22.9 Å². The van der Waals surface area contributed by atoms with Gasteiger partial charge in [0.05, 0.1) is 12.6 Å². The van der Waals surface area contributed by atoms with Crippen LogP contribution in [0.1, 0.15) is 10.4 Å². The molecule has 0 aliphatic rings. The van der Waals surface area contributed by atoms with E-state index in [9.17, 15) is 19.4 Å². The van der Waals surface area contributed by atoms with Crippen LogP contribution in [0.2, 0.25) is 0 Å². The number of nitrogens with zero attached hydrogens (tertiary/aromatic N) is 1. The molecule has 0 bridgehead atoms. The van der Waals surface area contributed by atoms with E-state index in [0.29, 0.717) is 5.56 Å². The molecule has 4 rings (SSSR count). The Bertz CT molecular complexity index is 1220. The van der Waals surface area contributed by atoms with Crippen LogP contribution in [0.4, 0.5) is 4.39 Å². The van der Waals surface area contributed by atoms with Crippen molar-refractivity contribution in [2.75, 3.05) is 7.11 Å². The summed E-state index contributed by atoms with van der Waals surface area (Å²) < 4.78 is 18.7. The molecule has 1 heterocycles. The fourth-order valence-corrected chi connectivity index (χ4v) is 3.25. The summed E-state index contributed by atoms with van der Waals surface area (Å²) in [5.74, 6) is -1.68. The van der Waals surface area contributed by atoms with Gasteiger partial charge in [0.15, 0.2) is 5.75 Å². The van der Waals surface area contributed by atoms with Gasteiger partial charge in [-0.25, -0.2) is 14.2 Å². The standard InChI is InChI=1S/C23H16FNO4/c1-29-17-9-6-14(7-10-17)13-2-4-15(5-3-13)21-22(26)20(23(27)28)18-12-16(24)8-11-19(18)25-21/h2-12,26H,1H3,(H,27,28). The van der Waals surface area contributed by atoms with Crippen molar-refractivity contribution in [3.05, 3.63) is 78.1 Å². The lowest BCUT2D eigenvalue weighted by Gasteiger charge is -2.11. The fourth-order valence-electron chi connectivity index (χ4n) is 3.25. The predicted octanol–water partition coefficient (Wildman–Crippen LogP) is 5.12. The number of carboxylic acids is 1. The predicted molar refractivity (Wildman–Crippen MR) is 108 cm³/mol. The van der Waals surface area contributed by atoms with Crippen LogP contribution < -0.4 is 4.74 Å². The number of pyridine rings is 1. The molecule has 5 nitrogen and oxygen atoms in total. The number of carbonyl (C=O) groups is 1. The highest BCUT2D eigenvalue weighted by Crippen LogP contribution is 2.36. The Labute approximate surface area is 165 Å². The minimum absolute atomic E-state index is 0.0496. The van der Waals surface area contributed by atoms with Gasteiger partial charge in [-0.05, 0) is 41.5 Å². The zero-order valence-electron chi connectivity index (χ0n) is 15.4. The van der Waals surface area contributed by atoms with Crippen LogP contribution in [0.15, 0.2) is 66.7 Å². The largest absolute Gasteiger partial charge is 0.505 e. The highest BCUT2D eigenvalue weighted by molar-refractivity contribution is 6.07. The minimum Gasteiger partial charge on any atom is -0.505 e. The molecule has 0 saturated heterocycles.